The summed E-state index contributed by atoms with van der Waals surface area (Å²) in [4.78, 5) is 33.0. The van der Waals surface area contributed by atoms with Crippen LogP contribution in [0.5, 0.6) is 0 Å². The van der Waals surface area contributed by atoms with Crippen LogP contribution >= 0.6 is 0 Å². The molecule has 1 amide bonds. The summed E-state index contributed by atoms with van der Waals surface area (Å²) in [5.41, 5.74) is 0.218. The summed E-state index contributed by atoms with van der Waals surface area (Å²) in [6.07, 6.45) is 0. The molecule has 2 aromatic carbocycles. The predicted octanol–water partition coefficient (Wildman–Crippen LogP) is 2.21. The molecule has 0 aliphatic carbocycles. The van der Waals surface area contributed by atoms with Gasteiger partial charge in [-0.3, -0.25) is 9.59 Å². The first-order valence-corrected chi connectivity index (χ1v) is 10.7. The zero-order chi connectivity index (χ0) is 22.6. The van der Waals surface area contributed by atoms with Gasteiger partial charge in [-0.1, -0.05) is 12.1 Å². The van der Waals surface area contributed by atoms with Crippen molar-refractivity contribution in [3.63, 3.8) is 0 Å². The monoisotopic (exact) mass is 451 g/mol. The average Bonchev–Trinajstić information content (AvgIpc) is 2.76. The van der Waals surface area contributed by atoms with Crippen LogP contribution in [0.25, 0.3) is 10.9 Å². The molecule has 0 fully saturated rings. The van der Waals surface area contributed by atoms with Crippen LogP contribution in [-0.2, 0) is 21.1 Å². The number of para-hydroxylation sites is 1. The van der Waals surface area contributed by atoms with Crippen molar-refractivity contribution in [2.75, 3.05) is 20.3 Å². The van der Waals surface area contributed by atoms with E-state index in [9.17, 15) is 26.8 Å². The molecule has 1 aromatic heterocycles. The standard InChI is InChI=1S/C20H19F2N3O5S/c1-30-11-10-25(12-17-23-16-5-3-2-4-15(16)18(26)24-17)19(27)13-6-8-14(9-7-13)31(28,29)20(21)22/h2-9,20H,10-12H2,1H3,(H,23,24,26). The Labute approximate surface area is 176 Å². The van der Waals surface area contributed by atoms with Crippen molar-refractivity contribution < 1.29 is 26.7 Å². The third-order valence-corrected chi connectivity index (χ3v) is 5.92. The van der Waals surface area contributed by atoms with Crippen LogP contribution in [-0.4, -0.2) is 55.2 Å². The van der Waals surface area contributed by atoms with Crippen molar-refractivity contribution in [2.45, 2.75) is 17.2 Å². The van der Waals surface area contributed by atoms with E-state index in [1.54, 1.807) is 24.3 Å². The van der Waals surface area contributed by atoms with Crippen LogP contribution in [0.15, 0.2) is 58.2 Å². The van der Waals surface area contributed by atoms with Gasteiger partial charge in [0.25, 0.3) is 11.5 Å². The van der Waals surface area contributed by atoms with Gasteiger partial charge in [0, 0.05) is 19.2 Å². The number of H-pyrrole nitrogens is 1. The first kappa shape index (κ1) is 22.5. The minimum absolute atomic E-state index is 0.0423. The first-order valence-electron chi connectivity index (χ1n) is 9.12. The molecule has 8 nitrogen and oxygen atoms in total. The molecular formula is C20H19F2N3O5S. The maximum atomic E-state index is 13.0. The molecule has 3 rings (SSSR count). The zero-order valence-electron chi connectivity index (χ0n) is 16.4. The maximum Gasteiger partial charge on any atom is 0.341 e. The van der Waals surface area contributed by atoms with Crippen molar-refractivity contribution in [3.05, 3.63) is 70.3 Å². The van der Waals surface area contributed by atoms with E-state index in [1.165, 1.54) is 12.0 Å². The number of carbonyl (C=O) groups excluding carboxylic acids is 1. The smallest absolute Gasteiger partial charge is 0.341 e. The molecule has 1 heterocycles. The Hall–Kier alpha value is -3.18. The highest BCUT2D eigenvalue weighted by Crippen LogP contribution is 2.19. The van der Waals surface area contributed by atoms with Gasteiger partial charge in [-0.05, 0) is 36.4 Å². The SMILES string of the molecule is COCCN(Cc1nc2ccccc2c(=O)[nH]1)C(=O)c1ccc(S(=O)(=O)C(F)F)cc1. The van der Waals surface area contributed by atoms with E-state index < -0.39 is 26.4 Å². The predicted molar refractivity (Wildman–Crippen MR) is 109 cm³/mol. The molecule has 164 valence electrons. The zero-order valence-corrected chi connectivity index (χ0v) is 17.2. The van der Waals surface area contributed by atoms with E-state index in [4.69, 9.17) is 4.74 Å². The molecule has 0 saturated carbocycles. The molecule has 1 N–H and O–H groups in total. The first-order chi connectivity index (χ1) is 14.7. The van der Waals surface area contributed by atoms with Crippen LogP contribution in [0.3, 0.4) is 0 Å². The van der Waals surface area contributed by atoms with Crippen molar-refractivity contribution in [1.82, 2.24) is 14.9 Å². The number of hydrogen-bond acceptors (Lipinski definition) is 6. The molecule has 0 atom stereocenters. The van der Waals surface area contributed by atoms with Crippen molar-refractivity contribution in [3.8, 4) is 0 Å². The number of aromatic amines is 1. The number of aromatic nitrogens is 2. The molecule has 0 bridgehead atoms. The van der Waals surface area contributed by atoms with Crippen molar-refractivity contribution >= 4 is 26.6 Å². The second kappa shape index (κ2) is 9.31. The summed E-state index contributed by atoms with van der Waals surface area (Å²) < 4.78 is 53.6. The lowest BCUT2D eigenvalue weighted by Gasteiger charge is -2.22. The van der Waals surface area contributed by atoms with Crippen LogP contribution < -0.4 is 5.56 Å². The second-order valence-electron chi connectivity index (χ2n) is 6.58. The van der Waals surface area contributed by atoms with Gasteiger partial charge < -0.3 is 14.6 Å². The lowest BCUT2D eigenvalue weighted by Crippen LogP contribution is -2.34. The Balaban J connectivity index is 1.89. The number of methoxy groups -OCH3 is 1. The summed E-state index contributed by atoms with van der Waals surface area (Å²) >= 11 is 0. The van der Waals surface area contributed by atoms with Gasteiger partial charge in [0.05, 0.1) is 29.0 Å². The summed E-state index contributed by atoms with van der Waals surface area (Å²) in [5, 5.41) is 0.414. The Morgan fingerprint density at radius 3 is 2.48 bits per heavy atom. The van der Waals surface area contributed by atoms with E-state index >= 15 is 0 Å². The lowest BCUT2D eigenvalue weighted by molar-refractivity contribution is 0.0675. The van der Waals surface area contributed by atoms with Gasteiger partial charge >= 0.3 is 5.76 Å². The number of ether oxygens (including phenoxy) is 1. The Morgan fingerprint density at radius 2 is 1.84 bits per heavy atom. The molecule has 0 unspecified atom stereocenters. The molecule has 3 aromatic rings. The fraction of sp³-hybridized carbons (Fsp3) is 0.250. The number of nitrogens with one attached hydrogen (secondary N) is 1. The summed E-state index contributed by atoms with van der Waals surface area (Å²) in [7, 11) is -3.29. The molecule has 0 aliphatic heterocycles. The minimum Gasteiger partial charge on any atom is -0.383 e. The normalized spacial score (nSPS) is 11.7. The van der Waals surface area contributed by atoms with E-state index in [1.807, 2.05) is 0 Å². The number of fused-ring (bicyclic) bond motifs is 1. The summed E-state index contributed by atoms with van der Waals surface area (Å²) in [6, 6.07) is 11.0. The topological polar surface area (TPSA) is 109 Å². The fourth-order valence-electron chi connectivity index (χ4n) is 2.92. The van der Waals surface area contributed by atoms with Gasteiger partial charge in [0.15, 0.2) is 0 Å². The Bertz CT molecular complexity index is 1240. The van der Waals surface area contributed by atoms with Gasteiger partial charge in [-0.15, -0.1) is 0 Å². The van der Waals surface area contributed by atoms with Crippen molar-refractivity contribution in [2.24, 2.45) is 0 Å². The Morgan fingerprint density at radius 1 is 1.16 bits per heavy atom. The number of amides is 1. The summed E-state index contributed by atoms with van der Waals surface area (Å²) in [6.45, 7) is 0.309. The van der Waals surface area contributed by atoms with Crippen LogP contribution in [0.4, 0.5) is 8.78 Å². The van der Waals surface area contributed by atoms with Gasteiger partial charge in [0.1, 0.15) is 5.82 Å². The highest BCUT2D eigenvalue weighted by atomic mass is 32.2. The number of nitrogens with zero attached hydrogens (tertiary/aromatic N) is 2. The third-order valence-electron chi connectivity index (χ3n) is 4.52. The number of benzene rings is 2. The third kappa shape index (κ3) is 4.94. The molecule has 0 radical (unpaired) electrons. The molecule has 0 aliphatic rings. The number of carbonyl (C=O) groups is 1. The lowest BCUT2D eigenvalue weighted by atomic mass is 10.2. The highest BCUT2D eigenvalue weighted by molar-refractivity contribution is 7.91. The minimum atomic E-state index is -4.76. The fourth-order valence-corrected chi connectivity index (χ4v) is 3.64. The number of rotatable bonds is 8. The molecular weight excluding hydrogens is 432 g/mol. The second-order valence-corrected chi connectivity index (χ2v) is 8.50. The van der Waals surface area contributed by atoms with E-state index in [0.29, 0.717) is 10.9 Å². The van der Waals surface area contributed by atoms with Crippen LogP contribution in [0.2, 0.25) is 0 Å². The average molecular weight is 451 g/mol. The van der Waals surface area contributed by atoms with Crippen molar-refractivity contribution in [1.29, 1.82) is 0 Å². The van der Waals surface area contributed by atoms with Gasteiger partial charge in [-0.25, -0.2) is 13.4 Å². The van der Waals surface area contributed by atoms with E-state index in [2.05, 4.69) is 9.97 Å². The highest BCUT2D eigenvalue weighted by Gasteiger charge is 2.27. The number of hydrogen-bond donors (Lipinski definition) is 1. The molecule has 0 spiro atoms. The maximum absolute atomic E-state index is 13.0. The summed E-state index contributed by atoms with van der Waals surface area (Å²) in [5.74, 6) is -3.80. The molecule has 0 saturated heterocycles. The number of alkyl halides is 2. The van der Waals surface area contributed by atoms with E-state index in [-0.39, 0.29) is 36.6 Å². The molecule has 31 heavy (non-hydrogen) atoms. The van der Waals surface area contributed by atoms with E-state index in [0.717, 1.165) is 24.3 Å². The largest absolute Gasteiger partial charge is 0.383 e. The van der Waals surface area contributed by atoms with Gasteiger partial charge in [-0.2, -0.15) is 8.78 Å². The number of halogens is 2. The Kier molecular flexibility index (Phi) is 6.76. The van der Waals surface area contributed by atoms with Crippen LogP contribution in [0.1, 0.15) is 16.2 Å². The van der Waals surface area contributed by atoms with Crippen LogP contribution in [0, 0.1) is 0 Å². The quantitative estimate of drug-likeness (QED) is 0.562. The number of sulfone groups is 1. The molecule has 11 heteroatoms. The van der Waals surface area contributed by atoms with Gasteiger partial charge in [0.2, 0.25) is 9.84 Å².